The lowest BCUT2D eigenvalue weighted by Gasteiger charge is -2.42. The first kappa shape index (κ1) is 14.3. The van der Waals surface area contributed by atoms with Gasteiger partial charge in [-0.1, -0.05) is 11.6 Å². The Hall–Kier alpha value is -1.13. The molecule has 0 aromatic carbocycles. The first-order valence-corrected chi connectivity index (χ1v) is 6.91. The smallest absolute Gasteiger partial charge is 0.255 e. The van der Waals surface area contributed by atoms with E-state index in [2.05, 4.69) is 30.7 Å². The number of amides is 1. The van der Waals surface area contributed by atoms with Gasteiger partial charge in [0.05, 0.1) is 5.56 Å². The zero-order chi connectivity index (χ0) is 14.0. The highest BCUT2D eigenvalue weighted by Crippen LogP contribution is 2.17. The first-order chi connectivity index (χ1) is 8.88. The van der Waals surface area contributed by atoms with Crippen LogP contribution in [0.15, 0.2) is 18.3 Å². The molecule has 0 unspecified atom stereocenters. The molecular weight excluding hydrogens is 262 g/mol. The summed E-state index contributed by atoms with van der Waals surface area (Å²) in [5.74, 6) is 0.0396. The zero-order valence-corrected chi connectivity index (χ0v) is 12.4. The molecule has 2 heterocycles. The Labute approximate surface area is 119 Å². The SMILES string of the molecule is CC(C)(C)N1CCN(C(=O)c2ccc(Cl)nc2)CC1. The molecule has 0 radical (unpaired) electrons. The first-order valence-electron chi connectivity index (χ1n) is 6.54. The van der Waals surface area contributed by atoms with Crippen molar-refractivity contribution in [3.63, 3.8) is 0 Å². The van der Waals surface area contributed by atoms with Crippen LogP contribution in [0.4, 0.5) is 0 Å². The second-order valence-corrected chi connectivity index (χ2v) is 6.21. The third-order valence-electron chi connectivity index (χ3n) is 3.49. The number of piperazine rings is 1. The van der Waals surface area contributed by atoms with Gasteiger partial charge in [-0.2, -0.15) is 0 Å². The van der Waals surface area contributed by atoms with Crippen LogP contribution >= 0.6 is 11.6 Å². The molecule has 4 nitrogen and oxygen atoms in total. The average molecular weight is 282 g/mol. The van der Waals surface area contributed by atoms with Crippen molar-refractivity contribution in [2.75, 3.05) is 26.2 Å². The molecule has 1 saturated heterocycles. The van der Waals surface area contributed by atoms with Crippen molar-refractivity contribution in [1.29, 1.82) is 0 Å². The summed E-state index contributed by atoms with van der Waals surface area (Å²) >= 11 is 5.73. The van der Waals surface area contributed by atoms with Gasteiger partial charge in [-0.3, -0.25) is 9.69 Å². The van der Waals surface area contributed by atoms with Gasteiger partial charge in [-0.15, -0.1) is 0 Å². The fraction of sp³-hybridized carbons (Fsp3) is 0.571. The Kier molecular flexibility index (Phi) is 4.11. The lowest BCUT2D eigenvalue weighted by Crippen LogP contribution is -2.54. The Morgan fingerprint density at radius 1 is 1.21 bits per heavy atom. The van der Waals surface area contributed by atoms with Gasteiger partial charge in [-0.05, 0) is 32.9 Å². The molecule has 1 aromatic rings. The summed E-state index contributed by atoms with van der Waals surface area (Å²) in [7, 11) is 0. The van der Waals surface area contributed by atoms with E-state index in [0.29, 0.717) is 10.7 Å². The number of hydrogen-bond acceptors (Lipinski definition) is 3. The van der Waals surface area contributed by atoms with E-state index in [9.17, 15) is 4.79 Å². The van der Waals surface area contributed by atoms with Gasteiger partial charge >= 0.3 is 0 Å². The molecule has 104 valence electrons. The summed E-state index contributed by atoms with van der Waals surface area (Å²) in [6, 6.07) is 3.38. The fourth-order valence-corrected chi connectivity index (χ4v) is 2.38. The monoisotopic (exact) mass is 281 g/mol. The van der Waals surface area contributed by atoms with Crippen LogP contribution in [0.5, 0.6) is 0 Å². The zero-order valence-electron chi connectivity index (χ0n) is 11.7. The lowest BCUT2D eigenvalue weighted by atomic mass is 10.0. The third-order valence-corrected chi connectivity index (χ3v) is 3.71. The maximum absolute atomic E-state index is 12.3. The largest absolute Gasteiger partial charge is 0.336 e. The molecule has 1 fully saturated rings. The molecule has 1 aliphatic heterocycles. The minimum atomic E-state index is 0.0396. The molecule has 0 atom stereocenters. The standard InChI is InChI=1S/C14H20ClN3O/c1-14(2,3)18-8-6-17(7-9-18)13(19)11-4-5-12(15)16-10-11/h4-5,10H,6-9H2,1-3H3. The van der Waals surface area contributed by atoms with Gasteiger partial charge in [0.15, 0.2) is 0 Å². The van der Waals surface area contributed by atoms with Crippen molar-refractivity contribution in [3.8, 4) is 0 Å². The van der Waals surface area contributed by atoms with E-state index in [0.717, 1.165) is 26.2 Å². The molecule has 0 N–H and O–H groups in total. The molecule has 2 rings (SSSR count). The molecule has 0 saturated carbocycles. The van der Waals surface area contributed by atoms with Gasteiger partial charge in [0.25, 0.3) is 5.91 Å². The highest BCUT2D eigenvalue weighted by molar-refractivity contribution is 6.29. The van der Waals surface area contributed by atoms with Crippen molar-refractivity contribution < 1.29 is 4.79 Å². The van der Waals surface area contributed by atoms with Crippen LogP contribution in [0.2, 0.25) is 5.15 Å². The predicted molar refractivity (Wildman–Crippen MR) is 76.5 cm³/mol. The number of nitrogens with zero attached hydrogens (tertiary/aromatic N) is 3. The Morgan fingerprint density at radius 2 is 1.84 bits per heavy atom. The fourth-order valence-electron chi connectivity index (χ4n) is 2.27. The summed E-state index contributed by atoms with van der Waals surface area (Å²) < 4.78 is 0. The summed E-state index contributed by atoms with van der Waals surface area (Å²) in [5, 5.41) is 0.411. The van der Waals surface area contributed by atoms with Crippen LogP contribution in [0.3, 0.4) is 0 Å². The maximum atomic E-state index is 12.3. The van der Waals surface area contributed by atoms with E-state index in [1.54, 1.807) is 18.3 Å². The van der Waals surface area contributed by atoms with E-state index in [1.807, 2.05) is 4.90 Å². The van der Waals surface area contributed by atoms with Crippen LogP contribution in [-0.2, 0) is 0 Å². The van der Waals surface area contributed by atoms with Crippen LogP contribution in [-0.4, -0.2) is 52.4 Å². The van der Waals surface area contributed by atoms with Crippen LogP contribution in [0, 0.1) is 0 Å². The van der Waals surface area contributed by atoms with Gasteiger partial charge in [0, 0.05) is 37.9 Å². The van der Waals surface area contributed by atoms with E-state index < -0.39 is 0 Å². The third kappa shape index (κ3) is 3.45. The number of pyridine rings is 1. The van der Waals surface area contributed by atoms with Gasteiger partial charge < -0.3 is 4.90 Å². The number of aromatic nitrogens is 1. The van der Waals surface area contributed by atoms with Crippen molar-refractivity contribution in [1.82, 2.24) is 14.8 Å². The average Bonchev–Trinajstić information content (AvgIpc) is 2.38. The highest BCUT2D eigenvalue weighted by atomic mass is 35.5. The van der Waals surface area contributed by atoms with Crippen LogP contribution < -0.4 is 0 Å². The number of halogens is 1. The summed E-state index contributed by atoms with van der Waals surface area (Å²) in [6.45, 7) is 9.96. The lowest BCUT2D eigenvalue weighted by molar-refractivity contribution is 0.0451. The van der Waals surface area contributed by atoms with Gasteiger partial charge in [-0.25, -0.2) is 4.98 Å². The molecule has 0 spiro atoms. The Bertz CT molecular complexity index is 445. The maximum Gasteiger partial charge on any atom is 0.255 e. The van der Waals surface area contributed by atoms with E-state index in [1.165, 1.54) is 0 Å². The minimum Gasteiger partial charge on any atom is -0.336 e. The molecule has 1 aromatic heterocycles. The molecule has 0 aliphatic carbocycles. The topological polar surface area (TPSA) is 36.4 Å². The van der Waals surface area contributed by atoms with Crippen LogP contribution in [0.25, 0.3) is 0 Å². The Morgan fingerprint density at radius 3 is 2.32 bits per heavy atom. The van der Waals surface area contributed by atoms with E-state index in [-0.39, 0.29) is 11.4 Å². The predicted octanol–water partition coefficient (Wildman–Crippen LogP) is 2.29. The number of carbonyl (C=O) groups excluding carboxylic acids is 1. The van der Waals surface area contributed by atoms with Gasteiger partial charge in [0.1, 0.15) is 5.15 Å². The van der Waals surface area contributed by atoms with E-state index >= 15 is 0 Å². The molecule has 5 heteroatoms. The van der Waals surface area contributed by atoms with Gasteiger partial charge in [0.2, 0.25) is 0 Å². The second-order valence-electron chi connectivity index (χ2n) is 5.82. The van der Waals surface area contributed by atoms with Crippen molar-refractivity contribution in [3.05, 3.63) is 29.0 Å². The van der Waals surface area contributed by atoms with Crippen molar-refractivity contribution in [2.24, 2.45) is 0 Å². The van der Waals surface area contributed by atoms with Crippen molar-refractivity contribution >= 4 is 17.5 Å². The molecule has 0 bridgehead atoms. The van der Waals surface area contributed by atoms with Crippen molar-refractivity contribution in [2.45, 2.75) is 26.3 Å². The normalized spacial score (nSPS) is 17.6. The number of rotatable bonds is 1. The number of carbonyl (C=O) groups is 1. The molecule has 1 amide bonds. The highest BCUT2D eigenvalue weighted by Gasteiger charge is 2.28. The quantitative estimate of drug-likeness (QED) is 0.741. The van der Waals surface area contributed by atoms with Crippen LogP contribution in [0.1, 0.15) is 31.1 Å². The van der Waals surface area contributed by atoms with E-state index in [4.69, 9.17) is 11.6 Å². The summed E-state index contributed by atoms with van der Waals surface area (Å²) in [6.07, 6.45) is 1.54. The number of hydrogen-bond donors (Lipinski definition) is 0. The molecule has 1 aliphatic rings. The summed E-state index contributed by atoms with van der Waals surface area (Å²) in [5.41, 5.74) is 0.769. The second kappa shape index (κ2) is 5.47. The molecule has 19 heavy (non-hydrogen) atoms. The minimum absolute atomic E-state index is 0.0396. The Balaban J connectivity index is 1.98. The molecular formula is C14H20ClN3O. The summed E-state index contributed by atoms with van der Waals surface area (Å²) in [4.78, 5) is 20.5.